The van der Waals surface area contributed by atoms with Crippen LogP contribution in [0.25, 0.3) is 5.00 Å². The van der Waals surface area contributed by atoms with E-state index in [4.69, 9.17) is 5.73 Å². The molecule has 0 saturated heterocycles. The van der Waals surface area contributed by atoms with Crippen LogP contribution in [0.2, 0.25) is 0 Å². The van der Waals surface area contributed by atoms with Crippen LogP contribution in [0, 0.1) is 0 Å². The minimum atomic E-state index is 0.660. The molecule has 0 atom stereocenters. The number of thiophene rings is 1. The Morgan fingerprint density at radius 3 is 3.14 bits per heavy atom. The van der Waals surface area contributed by atoms with Crippen LogP contribution in [0.1, 0.15) is 12.2 Å². The van der Waals surface area contributed by atoms with Crippen molar-refractivity contribution >= 4 is 11.3 Å². The highest BCUT2D eigenvalue weighted by Crippen LogP contribution is 2.11. The second-order valence-corrected chi connectivity index (χ2v) is 3.76. The van der Waals surface area contributed by atoms with Gasteiger partial charge in [-0.1, -0.05) is 0 Å². The highest BCUT2D eigenvalue weighted by atomic mass is 32.1. The first kappa shape index (κ1) is 9.29. The van der Waals surface area contributed by atoms with Crippen molar-refractivity contribution in [1.82, 2.24) is 20.2 Å². The Bertz CT molecular complexity index is 380. The van der Waals surface area contributed by atoms with Crippen LogP contribution >= 0.6 is 11.3 Å². The largest absolute Gasteiger partial charge is 0.330 e. The lowest BCUT2D eigenvalue weighted by atomic mass is 10.3. The SMILES string of the molecule is NCCCc1nnn(-c2cccs2)n1. The molecule has 2 heterocycles. The summed E-state index contributed by atoms with van der Waals surface area (Å²) in [6, 6.07) is 3.92. The van der Waals surface area contributed by atoms with E-state index in [1.807, 2.05) is 17.5 Å². The molecule has 5 nitrogen and oxygen atoms in total. The molecule has 0 aromatic carbocycles. The van der Waals surface area contributed by atoms with Crippen LogP contribution in [0.15, 0.2) is 17.5 Å². The van der Waals surface area contributed by atoms with Crippen molar-refractivity contribution in [2.24, 2.45) is 5.73 Å². The summed E-state index contributed by atoms with van der Waals surface area (Å²) in [7, 11) is 0. The van der Waals surface area contributed by atoms with Crippen LogP contribution in [0.5, 0.6) is 0 Å². The maximum Gasteiger partial charge on any atom is 0.175 e. The van der Waals surface area contributed by atoms with Crippen LogP contribution in [-0.4, -0.2) is 26.8 Å². The second kappa shape index (κ2) is 4.30. The molecule has 0 spiro atoms. The first-order valence-electron chi connectivity index (χ1n) is 4.43. The fraction of sp³-hybridized carbons (Fsp3) is 0.375. The van der Waals surface area contributed by atoms with Crippen LogP contribution in [-0.2, 0) is 6.42 Å². The van der Waals surface area contributed by atoms with Gasteiger partial charge in [0.2, 0.25) is 0 Å². The van der Waals surface area contributed by atoms with E-state index in [-0.39, 0.29) is 0 Å². The molecule has 0 fully saturated rings. The summed E-state index contributed by atoms with van der Waals surface area (Å²) in [6.45, 7) is 0.660. The lowest BCUT2D eigenvalue weighted by Gasteiger charge is -1.90. The molecule has 2 rings (SSSR count). The number of hydrogen-bond acceptors (Lipinski definition) is 5. The van der Waals surface area contributed by atoms with Crippen molar-refractivity contribution in [3.05, 3.63) is 23.3 Å². The summed E-state index contributed by atoms with van der Waals surface area (Å²) in [5.74, 6) is 0.754. The molecule has 0 saturated carbocycles. The Morgan fingerprint density at radius 2 is 2.43 bits per heavy atom. The molecular weight excluding hydrogens is 198 g/mol. The van der Waals surface area contributed by atoms with Gasteiger partial charge in [0.25, 0.3) is 0 Å². The van der Waals surface area contributed by atoms with Gasteiger partial charge in [-0.3, -0.25) is 0 Å². The van der Waals surface area contributed by atoms with Crippen molar-refractivity contribution in [2.75, 3.05) is 6.54 Å². The summed E-state index contributed by atoms with van der Waals surface area (Å²) >= 11 is 1.59. The van der Waals surface area contributed by atoms with E-state index in [2.05, 4.69) is 15.4 Å². The Balaban J connectivity index is 2.10. The fourth-order valence-corrected chi connectivity index (χ4v) is 1.71. The van der Waals surface area contributed by atoms with Crippen LogP contribution < -0.4 is 5.73 Å². The van der Waals surface area contributed by atoms with Crippen LogP contribution in [0.4, 0.5) is 0 Å². The predicted octanol–water partition coefficient (Wildman–Crippen LogP) is 0.615. The zero-order valence-corrected chi connectivity index (χ0v) is 8.44. The van der Waals surface area contributed by atoms with E-state index < -0.39 is 0 Å². The molecule has 74 valence electrons. The molecule has 6 heteroatoms. The molecule has 2 N–H and O–H groups in total. The predicted molar refractivity (Wildman–Crippen MR) is 54.4 cm³/mol. The van der Waals surface area contributed by atoms with Gasteiger partial charge < -0.3 is 5.73 Å². The number of rotatable bonds is 4. The maximum absolute atomic E-state index is 5.40. The smallest absolute Gasteiger partial charge is 0.175 e. The number of nitrogens with two attached hydrogens (primary N) is 1. The highest BCUT2D eigenvalue weighted by molar-refractivity contribution is 7.12. The lowest BCUT2D eigenvalue weighted by Crippen LogP contribution is -2.02. The third-order valence-corrected chi connectivity index (χ3v) is 2.60. The van der Waals surface area contributed by atoms with Gasteiger partial charge in [0.15, 0.2) is 5.82 Å². The van der Waals surface area contributed by atoms with E-state index in [0.717, 1.165) is 23.7 Å². The van der Waals surface area contributed by atoms with Crippen molar-refractivity contribution in [1.29, 1.82) is 0 Å². The van der Waals surface area contributed by atoms with E-state index in [9.17, 15) is 0 Å². The minimum absolute atomic E-state index is 0.660. The van der Waals surface area contributed by atoms with Gasteiger partial charge in [0.1, 0.15) is 5.00 Å². The zero-order valence-electron chi connectivity index (χ0n) is 7.63. The molecule has 0 unspecified atom stereocenters. The van der Waals surface area contributed by atoms with E-state index >= 15 is 0 Å². The molecule has 0 aliphatic heterocycles. The van der Waals surface area contributed by atoms with Gasteiger partial charge in [0.05, 0.1) is 0 Å². The van der Waals surface area contributed by atoms with Crippen molar-refractivity contribution < 1.29 is 0 Å². The average molecular weight is 209 g/mol. The molecule has 0 radical (unpaired) electrons. The monoisotopic (exact) mass is 209 g/mol. The van der Waals surface area contributed by atoms with Gasteiger partial charge in [0, 0.05) is 6.42 Å². The summed E-state index contributed by atoms with van der Waals surface area (Å²) in [6.07, 6.45) is 1.69. The number of nitrogens with zero attached hydrogens (tertiary/aromatic N) is 4. The second-order valence-electron chi connectivity index (χ2n) is 2.84. The molecule has 0 aliphatic rings. The van der Waals surface area contributed by atoms with E-state index in [0.29, 0.717) is 6.54 Å². The topological polar surface area (TPSA) is 69.6 Å². The Labute approximate surface area is 85.5 Å². The summed E-state index contributed by atoms with van der Waals surface area (Å²) in [4.78, 5) is 1.55. The number of tetrazole rings is 1. The summed E-state index contributed by atoms with van der Waals surface area (Å²) in [5, 5.41) is 15.1. The summed E-state index contributed by atoms with van der Waals surface area (Å²) in [5.41, 5.74) is 5.40. The number of aromatic nitrogens is 4. The minimum Gasteiger partial charge on any atom is -0.330 e. The van der Waals surface area contributed by atoms with Crippen molar-refractivity contribution in [3.63, 3.8) is 0 Å². The van der Waals surface area contributed by atoms with E-state index in [1.54, 1.807) is 16.1 Å². The maximum atomic E-state index is 5.40. The lowest BCUT2D eigenvalue weighted by molar-refractivity contribution is 0.725. The summed E-state index contributed by atoms with van der Waals surface area (Å²) < 4.78 is 0. The van der Waals surface area contributed by atoms with Gasteiger partial charge >= 0.3 is 0 Å². The quantitative estimate of drug-likeness (QED) is 0.801. The Kier molecular flexibility index (Phi) is 2.85. The standard InChI is InChI=1S/C8H11N5S/c9-5-1-3-7-10-12-13(11-7)8-4-2-6-14-8/h2,4,6H,1,3,5,9H2. The van der Waals surface area contributed by atoms with Crippen molar-refractivity contribution in [3.8, 4) is 5.00 Å². The van der Waals surface area contributed by atoms with Crippen LogP contribution in [0.3, 0.4) is 0 Å². The molecule has 0 amide bonds. The molecule has 14 heavy (non-hydrogen) atoms. The third-order valence-electron chi connectivity index (χ3n) is 1.76. The van der Waals surface area contributed by atoms with Gasteiger partial charge in [-0.15, -0.1) is 26.3 Å². The molecule has 2 aromatic rings. The first-order chi connectivity index (χ1) is 6.90. The molecule has 0 aliphatic carbocycles. The number of aryl methyl sites for hydroxylation is 1. The molecule has 0 bridgehead atoms. The van der Waals surface area contributed by atoms with Gasteiger partial charge in [-0.05, 0) is 35.7 Å². The van der Waals surface area contributed by atoms with Gasteiger partial charge in [-0.2, -0.15) is 0 Å². The fourth-order valence-electron chi connectivity index (χ4n) is 1.08. The normalized spacial score (nSPS) is 10.6. The Morgan fingerprint density at radius 1 is 1.50 bits per heavy atom. The highest BCUT2D eigenvalue weighted by Gasteiger charge is 2.04. The molecular formula is C8H11N5S. The first-order valence-corrected chi connectivity index (χ1v) is 5.31. The number of hydrogen-bond donors (Lipinski definition) is 1. The average Bonchev–Trinajstić information content (AvgIpc) is 2.85. The molecule has 2 aromatic heterocycles. The zero-order chi connectivity index (χ0) is 9.80. The van der Waals surface area contributed by atoms with E-state index in [1.165, 1.54) is 0 Å². The third kappa shape index (κ3) is 1.97. The van der Waals surface area contributed by atoms with Crippen molar-refractivity contribution in [2.45, 2.75) is 12.8 Å². The Hall–Kier alpha value is -1.27. The van der Waals surface area contributed by atoms with Gasteiger partial charge in [-0.25, -0.2) is 0 Å².